The van der Waals surface area contributed by atoms with Gasteiger partial charge in [0.15, 0.2) is 0 Å². The minimum Gasteiger partial charge on any atom is -0.272 e. The van der Waals surface area contributed by atoms with Crippen molar-refractivity contribution in [3.8, 4) is 0 Å². The maximum Gasteiger partial charge on any atom is 0.255 e. The first-order chi connectivity index (χ1) is 14.8. The Hall–Kier alpha value is -3.00. The Bertz CT molecular complexity index is 1150. The molecule has 0 aromatic heterocycles. The lowest BCUT2D eigenvalue weighted by Gasteiger charge is -2.21. The first-order valence-electron chi connectivity index (χ1n) is 9.53. The van der Waals surface area contributed by atoms with E-state index >= 15 is 0 Å². The molecule has 0 saturated heterocycles. The Balaban J connectivity index is 1.79. The van der Waals surface area contributed by atoms with Crippen LogP contribution in [0.4, 0.5) is 0 Å². The number of carbonyl (C=O) groups excluding carboxylic acids is 1. The molecule has 0 fully saturated rings. The molecule has 0 radical (unpaired) electrons. The number of hydrogen-bond donors (Lipinski definition) is 1. The Kier molecular flexibility index (Phi) is 7.57. The van der Waals surface area contributed by atoms with Gasteiger partial charge in [-0.15, -0.1) is 0 Å². The summed E-state index contributed by atoms with van der Waals surface area (Å²) >= 11 is 5.89. The van der Waals surface area contributed by atoms with Crippen LogP contribution in [-0.4, -0.2) is 31.4 Å². The van der Waals surface area contributed by atoms with E-state index in [4.69, 9.17) is 11.6 Å². The summed E-state index contributed by atoms with van der Waals surface area (Å²) in [6.45, 7) is 1.61. The Labute approximate surface area is 187 Å². The van der Waals surface area contributed by atoms with E-state index in [2.05, 4.69) is 10.5 Å². The molecule has 3 aromatic carbocycles. The van der Waals surface area contributed by atoms with Crippen LogP contribution in [0.3, 0.4) is 0 Å². The fourth-order valence-corrected chi connectivity index (χ4v) is 4.30. The van der Waals surface area contributed by atoms with Gasteiger partial charge in [-0.05, 0) is 42.3 Å². The number of hydrogen-bond acceptors (Lipinski definition) is 4. The molecule has 0 aliphatic heterocycles. The topological polar surface area (TPSA) is 78.8 Å². The Morgan fingerprint density at radius 3 is 2.29 bits per heavy atom. The van der Waals surface area contributed by atoms with Crippen molar-refractivity contribution in [2.24, 2.45) is 5.10 Å². The average molecular weight is 456 g/mol. The number of nitrogens with one attached hydrogen (secondary N) is 1. The van der Waals surface area contributed by atoms with Crippen LogP contribution in [0.5, 0.6) is 0 Å². The van der Waals surface area contributed by atoms with Crippen LogP contribution in [0.25, 0.3) is 0 Å². The number of hydrazone groups is 1. The molecule has 3 rings (SSSR count). The van der Waals surface area contributed by atoms with Gasteiger partial charge in [-0.2, -0.15) is 9.41 Å². The number of aryl methyl sites for hydroxylation is 1. The molecule has 3 aromatic rings. The highest BCUT2D eigenvalue weighted by atomic mass is 35.5. The van der Waals surface area contributed by atoms with Crippen LogP contribution in [-0.2, 0) is 21.4 Å². The highest BCUT2D eigenvalue weighted by Crippen LogP contribution is 2.20. The number of sulfonamides is 1. The minimum absolute atomic E-state index is 0.0427. The number of amides is 1. The molecule has 0 unspecified atom stereocenters. The third-order valence-corrected chi connectivity index (χ3v) is 6.51. The molecule has 0 saturated carbocycles. The van der Waals surface area contributed by atoms with Gasteiger partial charge in [0, 0.05) is 11.6 Å². The average Bonchev–Trinajstić information content (AvgIpc) is 2.76. The molecular weight excluding hydrogens is 434 g/mol. The van der Waals surface area contributed by atoms with E-state index in [9.17, 15) is 13.2 Å². The summed E-state index contributed by atoms with van der Waals surface area (Å²) in [4.78, 5) is 12.5. The fourth-order valence-electron chi connectivity index (χ4n) is 2.79. The molecule has 1 amide bonds. The molecule has 0 spiro atoms. The zero-order valence-electron chi connectivity index (χ0n) is 16.9. The third kappa shape index (κ3) is 6.49. The van der Waals surface area contributed by atoms with Gasteiger partial charge < -0.3 is 0 Å². The summed E-state index contributed by atoms with van der Waals surface area (Å²) in [5.41, 5.74) is 5.03. The van der Waals surface area contributed by atoms with Gasteiger partial charge in [-0.25, -0.2) is 13.8 Å². The maximum atomic E-state index is 13.2. The molecule has 0 aliphatic rings. The van der Waals surface area contributed by atoms with Crippen LogP contribution in [0.15, 0.2) is 88.9 Å². The smallest absolute Gasteiger partial charge is 0.255 e. The summed E-state index contributed by atoms with van der Waals surface area (Å²) < 4.78 is 27.5. The molecular formula is C23H22ClN3O3S. The van der Waals surface area contributed by atoms with Gasteiger partial charge in [-0.3, -0.25) is 4.79 Å². The van der Waals surface area contributed by atoms with E-state index in [0.29, 0.717) is 5.02 Å². The molecule has 0 heterocycles. The monoisotopic (exact) mass is 455 g/mol. The van der Waals surface area contributed by atoms with Crippen molar-refractivity contribution in [1.82, 2.24) is 9.73 Å². The van der Waals surface area contributed by atoms with E-state index in [1.54, 1.807) is 0 Å². The predicted octanol–water partition coefficient (Wildman–Crippen LogP) is 3.99. The van der Waals surface area contributed by atoms with Crippen LogP contribution < -0.4 is 5.43 Å². The van der Waals surface area contributed by atoms with E-state index in [-0.39, 0.29) is 18.0 Å². The number of carbonyl (C=O) groups is 1. The largest absolute Gasteiger partial charge is 0.272 e. The highest BCUT2D eigenvalue weighted by molar-refractivity contribution is 7.89. The lowest BCUT2D eigenvalue weighted by molar-refractivity contribution is -0.121. The van der Waals surface area contributed by atoms with Crippen molar-refractivity contribution in [3.05, 3.63) is 101 Å². The highest BCUT2D eigenvalue weighted by Gasteiger charge is 2.27. The normalized spacial score (nSPS) is 11.7. The van der Waals surface area contributed by atoms with Crippen molar-refractivity contribution in [2.75, 3.05) is 6.54 Å². The van der Waals surface area contributed by atoms with Crippen molar-refractivity contribution in [2.45, 2.75) is 18.4 Å². The van der Waals surface area contributed by atoms with Gasteiger partial charge in [-0.1, -0.05) is 71.8 Å². The van der Waals surface area contributed by atoms with Gasteiger partial charge in [0.25, 0.3) is 5.91 Å². The molecule has 0 atom stereocenters. The van der Waals surface area contributed by atoms with Crippen LogP contribution in [0, 0.1) is 6.92 Å². The van der Waals surface area contributed by atoms with Gasteiger partial charge in [0.2, 0.25) is 10.0 Å². The quantitative estimate of drug-likeness (QED) is 0.412. The summed E-state index contributed by atoms with van der Waals surface area (Å²) in [6.07, 6.45) is 1.50. The molecule has 31 heavy (non-hydrogen) atoms. The number of halogens is 1. The molecule has 1 N–H and O–H groups in total. The van der Waals surface area contributed by atoms with Crippen molar-refractivity contribution >= 4 is 33.7 Å². The number of rotatable bonds is 8. The minimum atomic E-state index is -3.94. The van der Waals surface area contributed by atoms with Crippen molar-refractivity contribution < 1.29 is 13.2 Å². The molecule has 6 nitrogen and oxygen atoms in total. The lowest BCUT2D eigenvalue weighted by atomic mass is 10.1. The summed E-state index contributed by atoms with van der Waals surface area (Å²) in [5, 5.41) is 4.34. The fraction of sp³-hybridized carbons (Fsp3) is 0.130. The first kappa shape index (κ1) is 22.7. The molecule has 0 aliphatic carbocycles. The SMILES string of the molecule is Cc1ccc(CN(CC(=O)N/N=C\c2ccccc2)S(=O)(=O)c2ccc(Cl)cc2)cc1. The maximum absolute atomic E-state index is 13.2. The number of benzene rings is 3. The second kappa shape index (κ2) is 10.3. The van der Waals surface area contributed by atoms with Crippen LogP contribution >= 0.6 is 11.6 Å². The standard InChI is InChI=1S/C23H22ClN3O3S/c1-18-7-9-20(10-8-18)16-27(31(29,30)22-13-11-21(24)12-14-22)17-23(28)26-25-15-19-5-3-2-4-6-19/h2-15H,16-17H2,1H3,(H,26,28)/b25-15-. The second-order valence-electron chi connectivity index (χ2n) is 6.92. The Morgan fingerprint density at radius 1 is 1.00 bits per heavy atom. The zero-order chi connectivity index (χ0) is 22.3. The van der Waals surface area contributed by atoms with E-state index in [1.807, 2.05) is 61.5 Å². The predicted molar refractivity (Wildman–Crippen MR) is 122 cm³/mol. The number of nitrogens with zero attached hydrogens (tertiary/aromatic N) is 2. The van der Waals surface area contributed by atoms with Gasteiger partial charge in [0.1, 0.15) is 0 Å². The summed E-state index contributed by atoms with van der Waals surface area (Å²) in [5.74, 6) is -0.545. The van der Waals surface area contributed by atoms with Gasteiger partial charge in [0.05, 0.1) is 17.7 Å². The van der Waals surface area contributed by atoms with E-state index in [0.717, 1.165) is 21.0 Å². The van der Waals surface area contributed by atoms with Crippen molar-refractivity contribution in [1.29, 1.82) is 0 Å². The zero-order valence-corrected chi connectivity index (χ0v) is 18.5. The second-order valence-corrected chi connectivity index (χ2v) is 9.29. The van der Waals surface area contributed by atoms with Gasteiger partial charge >= 0.3 is 0 Å². The van der Waals surface area contributed by atoms with Crippen molar-refractivity contribution in [3.63, 3.8) is 0 Å². The van der Waals surface area contributed by atoms with Crippen LogP contribution in [0.2, 0.25) is 5.02 Å². The third-order valence-electron chi connectivity index (χ3n) is 4.45. The lowest BCUT2D eigenvalue weighted by Crippen LogP contribution is -2.39. The Morgan fingerprint density at radius 2 is 1.65 bits per heavy atom. The van der Waals surface area contributed by atoms with E-state index < -0.39 is 15.9 Å². The molecule has 8 heteroatoms. The van der Waals surface area contributed by atoms with E-state index in [1.165, 1.54) is 30.5 Å². The summed E-state index contributed by atoms with van der Waals surface area (Å²) in [6, 6.07) is 22.6. The van der Waals surface area contributed by atoms with Crippen LogP contribution in [0.1, 0.15) is 16.7 Å². The molecule has 0 bridgehead atoms. The summed E-state index contributed by atoms with van der Waals surface area (Å²) in [7, 11) is -3.94. The first-order valence-corrected chi connectivity index (χ1v) is 11.3. The molecule has 160 valence electrons.